The first kappa shape index (κ1) is 15.3. The second-order valence-corrected chi connectivity index (χ2v) is 6.40. The third-order valence-electron chi connectivity index (χ3n) is 5.02. The van der Waals surface area contributed by atoms with Gasteiger partial charge in [-0.15, -0.1) is 0 Å². The number of hydrogen-bond donors (Lipinski definition) is 3. The maximum atomic E-state index is 12.8. The van der Waals surface area contributed by atoms with Crippen LogP contribution in [0.15, 0.2) is 30.5 Å². The van der Waals surface area contributed by atoms with Gasteiger partial charge in [-0.3, -0.25) is 4.79 Å². The van der Waals surface area contributed by atoms with Crippen molar-refractivity contribution in [3.63, 3.8) is 0 Å². The fraction of sp³-hybridized carbons (Fsp3) is 0.500. The summed E-state index contributed by atoms with van der Waals surface area (Å²) in [7, 11) is 1.87. The minimum Gasteiger partial charge on any atom is -0.393 e. The predicted molar refractivity (Wildman–Crippen MR) is 87.8 cm³/mol. The Bertz CT molecular complexity index is 662. The molecule has 0 amide bonds. The zero-order valence-electron chi connectivity index (χ0n) is 13.2. The molecule has 0 saturated heterocycles. The van der Waals surface area contributed by atoms with Crippen LogP contribution in [0.5, 0.6) is 0 Å². The standard InChI is InChI=1S/C18H24N2O2/c1-11(21)17-16(19-2)8-7-12(18(17)22)9-13-10-20-15-6-4-3-5-14(13)15/h3-6,10-12,16-17,19-21H,7-9H2,1-2H3/t11?,12?,16-,17?/m0/s1. The SMILES string of the molecule is CN[C@H]1CCC(Cc2c[nH]c3ccccc23)C(=O)C1C(C)O. The summed E-state index contributed by atoms with van der Waals surface area (Å²) >= 11 is 0. The predicted octanol–water partition coefficient (Wildman–Crippen LogP) is 2.27. The lowest BCUT2D eigenvalue weighted by Gasteiger charge is -2.36. The van der Waals surface area contributed by atoms with Crippen LogP contribution in [-0.2, 0) is 11.2 Å². The smallest absolute Gasteiger partial charge is 0.143 e. The van der Waals surface area contributed by atoms with Crippen LogP contribution in [0.3, 0.4) is 0 Å². The van der Waals surface area contributed by atoms with Crippen LogP contribution in [-0.4, -0.2) is 35.1 Å². The van der Waals surface area contributed by atoms with Crippen LogP contribution in [0.2, 0.25) is 0 Å². The summed E-state index contributed by atoms with van der Waals surface area (Å²) in [6, 6.07) is 8.27. The van der Waals surface area contributed by atoms with Gasteiger partial charge in [-0.1, -0.05) is 18.2 Å². The molecule has 3 N–H and O–H groups in total. The largest absolute Gasteiger partial charge is 0.393 e. The average molecular weight is 300 g/mol. The van der Waals surface area contributed by atoms with Crippen LogP contribution in [0.1, 0.15) is 25.3 Å². The summed E-state index contributed by atoms with van der Waals surface area (Å²) in [5.41, 5.74) is 2.31. The van der Waals surface area contributed by atoms with Crippen LogP contribution >= 0.6 is 0 Å². The molecule has 2 aromatic rings. The molecule has 1 aliphatic rings. The van der Waals surface area contributed by atoms with Crippen molar-refractivity contribution in [1.82, 2.24) is 10.3 Å². The van der Waals surface area contributed by atoms with Crippen LogP contribution in [0.25, 0.3) is 10.9 Å². The molecule has 4 heteroatoms. The van der Waals surface area contributed by atoms with E-state index in [2.05, 4.69) is 22.4 Å². The van der Waals surface area contributed by atoms with Crippen molar-refractivity contribution in [2.24, 2.45) is 11.8 Å². The second-order valence-electron chi connectivity index (χ2n) is 6.40. The summed E-state index contributed by atoms with van der Waals surface area (Å²) in [5, 5.41) is 14.4. The number of rotatable bonds is 4. The van der Waals surface area contributed by atoms with Gasteiger partial charge in [0.25, 0.3) is 0 Å². The Hall–Kier alpha value is -1.65. The number of fused-ring (bicyclic) bond motifs is 1. The molecule has 3 rings (SSSR count). The number of aromatic amines is 1. The molecule has 1 saturated carbocycles. The Balaban J connectivity index is 1.82. The highest BCUT2D eigenvalue weighted by Crippen LogP contribution is 2.32. The van der Waals surface area contributed by atoms with Gasteiger partial charge in [0.1, 0.15) is 5.78 Å². The first-order chi connectivity index (χ1) is 10.6. The van der Waals surface area contributed by atoms with Crippen LogP contribution in [0.4, 0.5) is 0 Å². The van der Waals surface area contributed by atoms with Gasteiger partial charge in [0.2, 0.25) is 0 Å². The van der Waals surface area contributed by atoms with E-state index in [4.69, 9.17) is 0 Å². The van der Waals surface area contributed by atoms with E-state index >= 15 is 0 Å². The van der Waals surface area contributed by atoms with Crippen molar-refractivity contribution in [2.45, 2.75) is 38.3 Å². The van der Waals surface area contributed by atoms with E-state index in [0.29, 0.717) is 0 Å². The molecule has 0 radical (unpaired) electrons. The lowest BCUT2D eigenvalue weighted by atomic mass is 9.72. The number of nitrogens with one attached hydrogen (secondary N) is 2. The number of Topliss-reactive ketones (excluding diaryl/α,β-unsaturated/α-hetero) is 1. The highest BCUT2D eigenvalue weighted by atomic mass is 16.3. The summed E-state index contributed by atoms with van der Waals surface area (Å²) in [5.74, 6) is -0.0942. The molecule has 118 valence electrons. The molecule has 1 fully saturated rings. The van der Waals surface area contributed by atoms with Crippen molar-refractivity contribution < 1.29 is 9.90 Å². The number of aliphatic hydroxyl groups is 1. The van der Waals surface area contributed by atoms with Crippen molar-refractivity contribution in [1.29, 1.82) is 0 Å². The highest BCUT2D eigenvalue weighted by Gasteiger charge is 2.40. The first-order valence-electron chi connectivity index (χ1n) is 8.06. The van der Waals surface area contributed by atoms with E-state index < -0.39 is 6.10 Å². The molecule has 4 nitrogen and oxygen atoms in total. The van der Waals surface area contributed by atoms with Gasteiger partial charge in [0.15, 0.2) is 0 Å². The quantitative estimate of drug-likeness (QED) is 0.811. The zero-order chi connectivity index (χ0) is 15.7. The van der Waals surface area contributed by atoms with E-state index in [0.717, 1.165) is 24.8 Å². The Morgan fingerprint density at radius 2 is 2.14 bits per heavy atom. The highest BCUT2D eigenvalue weighted by molar-refractivity contribution is 5.87. The fourth-order valence-corrected chi connectivity index (χ4v) is 3.84. The summed E-state index contributed by atoms with van der Waals surface area (Å²) in [6.45, 7) is 1.72. The van der Waals surface area contributed by atoms with Gasteiger partial charge >= 0.3 is 0 Å². The Morgan fingerprint density at radius 1 is 1.36 bits per heavy atom. The Kier molecular flexibility index (Phi) is 4.32. The van der Waals surface area contributed by atoms with Crippen molar-refractivity contribution in [3.8, 4) is 0 Å². The minimum absolute atomic E-state index is 0.00315. The molecular weight excluding hydrogens is 276 g/mol. The normalized spacial score (nSPS) is 27.2. The molecule has 22 heavy (non-hydrogen) atoms. The molecule has 4 atom stereocenters. The Morgan fingerprint density at radius 3 is 2.86 bits per heavy atom. The lowest BCUT2D eigenvalue weighted by molar-refractivity contribution is -0.134. The van der Waals surface area contributed by atoms with Crippen LogP contribution in [0, 0.1) is 11.8 Å². The molecule has 0 bridgehead atoms. The Labute approximate surface area is 130 Å². The van der Waals surface area contributed by atoms with E-state index in [1.807, 2.05) is 25.4 Å². The summed E-state index contributed by atoms with van der Waals surface area (Å²) < 4.78 is 0. The first-order valence-corrected chi connectivity index (χ1v) is 8.06. The van der Waals surface area contributed by atoms with Gasteiger partial charge in [-0.2, -0.15) is 0 Å². The van der Waals surface area contributed by atoms with E-state index in [1.54, 1.807) is 6.92 Å². The number of ketones is 1. The molecule has 1 aromatic heterocycles. The number of aromatic nitrogens is 1. The molecule has 1 aromatic carbocycles. The molecule has 0 aliphatic heterocycles. The molecular formula is C18H24N2O2. The molecule has 1 aliphatic carbocycles. The number of para-hydroxylation sites is 1. The van der Waals surface area contributed by atoms with Crippen LogP contribution < -0.4 is 5.32 Å². The number of H-pyrrole nitrogens is 1. The van der Waals surface area contributed by atoms with E-state index in [-0.39, 0.29) is 23.7 Å². The average Bonchev–Trinajstić information content (AvgIpc) is 2.92. The minimum atomic E-state index is -0.601. The number of hydrogen-bond acceptors (Lipinski definition) is 3. The van der Waals surface area contributed by atoms with Crippen molar-refractivity contribution in [3.05, 3.63) is 36.0 Å². The number of benzene rings is 1. The van der Waals surface area contributed by atoms with Crippen molar-refractivity contribution in [2.75, 3.05) is 7.05 Å². The monoisotopic (exact) mass is 300 g/mol. The summed E-state index contributed by atoms with van der Waals surface area (Å²) in [4.78, 5) is 16.1. The molecule has 1 heterocycles. The fourth-order valence-electron chi connectivity index (χ4n) is 3.84. The third kappa shape index (κ3) is 2.69. The number of carbonyl (C=O) groups is 1. The van der Waals surface area contributed by atoms with Gasteiger partial charge in [0, 0.05) is 29.1 Å². The van der Waals surface area contributed by atoms with Crippen molar-refractivity contribution >= 4 is 16.7 Å². The number of aliphatic hydroxyl groups excluding tert-OH is 1. The van der Waals surface area contributed by atoms with Gasteiger partial charge in [-0.05, 0) is 44.9 Å². The maximum Gasteiger partial charge on any atom is 0.143 e. The summed E-state index contributed by atoms with van der Waals surface area (Å²) in [6.07, 6.45) is 3.98. The van der Waals surface area contributed by atoms with E-state index in [9.17, 15) is 9.90 Å². The molecule has 0 spiro atoms. The zero-order valence-corrected chi connectivity index (χ0v) is 13.2. The van der Waals surface area contributed by atoms with Gasteiger partial charge in [-0.25, -0.2) is 0 Å². The third-order valence-corrected chi connectivity index (χ3v) is 5.02. The molecule has 3 unspecified atom stereocenters. The lowest BCUT2D eigenvalue weighted by Crippen LogP contribution is -2.50. The number of carbonyl (C=O) groups excluding carboxylic acids is 1. The topological polar surface area (TPSA) is 65.1 Å². The van der Waals surface area contributed by atoms with Gasteiger partial charge < -0.3 is 15.4 Å². The van der Waals surface area contributed by atoms with Gasteiger partial charge in [0.05, 0.1) is 12.0 Å². The maximum absolute atomic E-state index is 12.8. The van der Waals surface area contributed by atoms with E-state index in [1.165, 1.54) is 10.9 Å². The second kappa shape index (κ2) is 6.23.